The van der Waals surface area contributed by atoms with Gasteiger partial charge in [-0.1, -0.05) is 6.07 Å². The topological polar surface area (TPSA) is 64.8 Å². The number of hydrogen-bond donors (Lipinski definition) is 1. The Bertz CT molecular complexity index is 494. The number of nitrogens with zero attached hydrogens (tertiary/aromatic N) is 1. The first-order chi connectivity index (χ1) is 9.70. The normalized spacial score (nSPS) is 15.6. The van der Waals surface area contributed by atoms with E-state index in [0.717, 1.165) is 5.56 Å². The van der Waals surface area contributed by atoms with Crippen molar-refractivity contribution >= 4 is 17.7 Å². The molecule has 1 aliphatic rings. The summed E-state index contributed by atoms with van der Waals surface area (Å²) in [5, 5.41) is 0. The van der Waals surface area contributed by atoms with Gasteiger partial charge in [0.05, 0.1) is 25.5 Å². The summed E-state index contributed by atoms with van der Waals surface area (Å²) in [6.45, 7) is 5.00. The van der Waals surface area contributed by atoms with Gasteiger partial charge in [-0.15, -0.1) is 0 Å². The molecule has 0 spiro atoms. The molecule has 0 radical (unpaired) electrons. The Labute approximate surface area is 119 Å². The second-order valence-electron chi connectivity index (χ2n) is 4.50. The number of carbonyl (C=O) groups excluding carboxylic acids is 1. The minimum Gasteiger partial charge on any atom is -0.492 e. The van der Waals surface area contributed by atoms with E-state index in [4.69, 9.17) is 15.2 Å². The lowest BCUT2D eigenvalue weighted by Crippen LogP contribution is -2.39. The molecule has 1 amide bonds. The molecule has 108 valence electrons. The van der Waals surface area contributed by atoms with Crippen molar-refractivity contribution in [1.29, 1.82) is 0 Å². The van der Waals surface area contributed by atoms with Crippen LogP contribution in [0.15, 0.2) is 24.3 Å². The zero-order chi connectivity index (χ0) is 14.4. The molecule has 2 N–H and O–H groups in total. The van der Waals surface area contributed by atoms with Gasteiger partial charge in [-0.2, -0.15) is 0 Å². The van der Waals surface area contributed by atoms with Crippen molar-refractivity contribution in [2.24, 2.45) is 0 Å². The molecule has 1 saturated heterocycles. The van der Waals surface area contributed by atoms with Crippen LogP contribution in [0.2, 0.25) is 0 Å². The fourth-order valence-corrected chi connectivity index (χ4v) is 2.01. The number of nitrogens with two attached hydrogens (primary N) is 1. The van der Waals surface area contributed by atoms with Crippen molar-refractivity contribution in [3.63, 3.8) is 0 Å². The number of benzene rings is 1. The number of rotatable bonds is 4. The zero-order valence-corrected chi connectivity index (χ0v) is 11.7. The van der Waals surface area contributed by atoms with Crippen LogP contribution < -0.4 is 10.5 Å². The SMILES string of the molecule is CCOc1ccc(/C=C\C(=O)N2CCOCC2)cc1N. The molecular formula is C15H20N2O3. The summed E-state index contributed by atoms with van der Waals surface area (Å²) in [7, 11) is 0. The first kappa shape index (κ1) is 14.4. The van der Waals surface area contributed by atoms with Gasteiger partial charge in [0.25, 0.3) is 0 Å². The van der Waals surface area contributed by atoms with E-state index in [2.05, 4.69) is 0 Å². The number of ether oxygens (including phenoxy) is 2. The van der Waals surface area contributed by atoms with Crippen LogP contribution in [0.3, 0.4) is 0 Å². The lowest BCUT2D eigenvalue weighted by atomic mass is 10.1. The van der Waals surface area contributed by atoms with Crippen LogP contribution in [0, 0.1) is 0 Å². The second-order valence-corrected chi connectivity index (χ2v) is 4.50. The fourth-order valence-electron chi connectivity index (χ4n) is 2.01. The minimum absolute atomic E-state index is 0.000700. The largest absolute Gasteiger partial charge is 0.492 e. The number of anilines is 1. The molecule has 2 rings (SSSR count). The predicted molar refractivity (Wildman–Crippen MR) is 78.5 cm³/mol. The van der Waals surface area contributed by atoms with Crippen LogP contribution in [0.1, 0.15) is 12.5 Å². The molecule has 1 fully saturated rings. The van der Waals surface area contributed by atoms with Crippen LogP contribution in [-0.4, -0.2) is 43.7 Å². The third kappa shape index (κ3) is 3.74. The average Bonchev–Trinajstić information content (AvgIpc) is 2.48. The standard InChI is InChI=1S/C15H20N2O3/c1-2-20-14-5-3-12(11-13(14)16)4-6-15(18)17-7-9-19-10-8-17/h3-6,11H,2,7-10,16H2,1H3/b6-4-. The van der Waals surface area contributed by atoms with E-state index in [1.165, 1.54) is 0 Å². The Morgan fingerprint density at radius 1 is 1.45 bits per heavy atom. The van der Waals surface area contributed by atoms with Crippen LogP contribution >= 0.6 is 0 Å². The Hall–Kier alpha value is -2.01. The molecule has 0 unspecified atom stereocenters. The van der Waals surface area contributed by atoms with E-state index in [0.29, 0.717) is 44.3 Å². The van der Waals surface area contributed by atoms with Crippen LogP contribution in [0.4, 0.5) is 5.69 Å². The molecule has 0 aliphatic carbocycles. The quantitative estimate of drug-likeness (QED) is 0.669. The van der Waals surface area contributed by atoms with Crippen LogP contribution in [-0.2, 0) is 9.53 Å². The Balaban J connectivity index is 1.99. The third-order valence-electron chi connectivity index (χ3n) is 3.07. The molecule has 1 aromatic rings. The van der Waals surface area contributed by atoms with Crippen molar-refractivity contribution < 1.29 is 14.3 Å². The summed E-state index contributed by atoms with van der Waals surface area (Å²) in [5.41, 5.74) is 7.34. The molecular weight excluding hydrogens is 256 g/mol. The highest BCUT2D eigenvalue weighted by atomic mass is 16.5. The highest BCUT2D eigenvalue weighted by Crippen LogP contribution is 2.23. The van der Waals surface area contributed by atoms with E-state index in [1.54, 1.807) is 23.1 Å². The maximum Gasteiger partial charge on any atom is 0.246 e. The third-order valence-corrected chi connectivity index (χ3v) is 3.07. The maximum absolute atomic E-state index is 12.0. The molecule has 1 aromatic carbocycles. The molecule has 1 heterocycles. The maximum atomic E-state index is 12.0. The summed E-state index contributed by atoms with van der Waals surface area (Å²) in [6, 6.07) is 5.50. The highest BCUT2D eigenvalue weighted by molar-refractivity contribution is 5.92. The van der Waals surface area contributed by atoms with E-state index < -0.39 is 0 Å². The number of amides is 1. The average molecular weight is 276 g/mol. The smallest absolute Gasteiger partial charge is 0.246 e. The summed E-state index contributed by atoms with van der Waals surface area (Å²) in [5.74, 6) is 0.671. The van der Waals surface area contributed by atoms with Crippen molar-refractivity contribution in [2.75, 3.05) is 38.6 Å². The fraction of sp³-hybridized carbons (Fsp3) is 0.400. The highest BCUT2D eigenvalue weighted by Gasteiger charge is 2.13. The summed E-state index contributed by atoms with van der Waals surface area (Å²) in [4.78, 5) is 13.7. The van der Waals surface area contributed by atoms with Gasteiger partial charge in [0, 0.05) is 19.2 Å². The van der Waals surface area contributed by atoms with Gasteiger partial charge in [0.2, 0.25) is 5.91 Å². The van der Waals surface area contributed by atoms with E-state index in [9.17, 15) is 4.79 Å². The number of hydrogen-bond acceptors (Lipinski definition) is 4. The van der Waals surface area contributed by atoms with Gasteiger partial charge in [0.1, 0.15) is 5.75 Å². The molecule has 5 nitrogen and oxygen atoms in total. The lowest BCUT2D eigenvalue weighted by molar-refractivity contribution is -0.129. The van der Waals surface area contributed by atoms with Crippen molar-refractivity contribution in [3.05, 3.63) is 29.8 Å². The zero-order valence-electron chi connectivity index (χ0n) is 11.7. The van der Waals surface area contributed by atoms with Crippen molar-refractivity contribution in [2.45, 2.75) is 6.92 Å². The van der Waals surface area contributed by atoms with Crippen LogP contribution in [0.25, 0.3) is 6.08 Å². The molecule has 0 bridgehead atoms. The molecule has 0 aromatic heterocycles. The minimum atomic E-state index is 0.000700. The predicted octanol–water partition coefficient (Wildman–Crippen LogP) is 1.54. The van der Waals surface area contributed by atoms with E-state index in [1.807, 2.05) is 19.1 Å². The molecule has 0 saturated carbocycles. The van der Waals surface area contributed by atoms with Gasteiger partial charge in [0.15, 0.2) is 0 Å². The first-order valence-electron chi connectivity index (χ1n) is 6.77. The summed E-state index contributed by atoms with van der Waals surface area (Å²) in [6.07, 6.45) is 3.34. The summed E-state index contributed by atoms with van der Waals surface area (Å²) >= 11 is 0. The van der Waals surface area contributed by atoms with E-state index in [-0.39, 0.29) is 5.91 Å². The van der Waals surface area contributed by atoms with Gasteiger partial charge < -0.3 is 20.1 Å². The molecule has 0 atom stereocenters. The Kier molecular flexibility index (Phi) is 5.01. The lowest BCUT2D eigenvalue weighted by Gasteiger charge is -2.25. The van der Waals surface area contributed by atoms with Gasteiger partial charge in [-0.3, -0.25) is 4.79 Å². The van der Waals surface area contributed by atoms with Gasteiger partial charge in [-0.25, -0.2) is 0 Å². The number of morpholine rings is 1. The van der Waals surface area contributed by atoms with Gasteiger partial charge in [-0.05, 0) is 30.7 Å². The van der Waals surface area contributed by atoms with Gasteiger partial charge >= 0.3 is 0 Å². The second kappa shape index (κ2) is 6.96. The van der Waals surface area contributed by atoms with Crippen molar-refractivity contribution in [3.8, 4) is 5.75 Å². The number of nitrogen functional groups attached to an aromatic ring is 1. The summed E-state index contributed by atoms with van der Waals surface area (Å²) < 4.78 is 10.6. The first-order valence-corrected chi connectivity index (χ1v) is 6.77. The molecule has 5 heteroatoms. The van der Waals surface area contributed by atoms with Crippen molar-refractivity contribution in [1.82, 2.24) is 4.90 Å². The van der Waals surface area contributed by atoms with E-state index >= 15 is 0 Å². The Morgan fingerprint density at radius 2 is 2.20 bits per heavy atom. The number of carbonyl (C=O) groups is 1. The van der Waals surface area contributed by atoms with Crippen LogP contribution in [0.5, 0.6) is 5.75 Å². The monoisotopic (exact) mass is 276 g/mol. The molecule has 20 heavy (non-hydrogen) atoms. The Morgan fingerprint density at radius 3 is 2.85 bits per heavy atom. The molecule has 1 aliphatic heterocycles.